The highest BCUT2D eigenvalue weighted by Gasteiger charge is 2.40. The summed E-state index contributed by atoms with van der Waals surface area (Å²) in [5.41, 5.74) is 1.23. The molecule has 0 bridgehead atoms. The standard InChI is InChI=1S/C27H35N3O5/c1-27(2,3)29-24(32)22-15-10-16-30(22)25(33)23(31)21(17-19-11-6-4-7-12-19)28-26(34)35-18-20-13-8-5-9-14-20/h4-9,11-14,21-23,31H,10,15-18H2,1-3H3,(H,28,34)(H,29,32)/t21?,22-,23+/m0/s1. The van der Waals surface area contributed by atoms with Crippen LogP contribution in [0.5, 0.6) is 0 Å². The van der Waals surface area contributed by atoms with E-state index in [-0.39, 0.29) is 18.9 Å². The van der Waals surface area contributed by atoms with E-state index in [2.05, 4.69) is 10.6 Å². The van der Waals surface area contributed by atoms with Crippen molar-refractivity contribution >= 4 is 17.9 Å². The zero-order valence-corrected chi connectivity index (χ0v) is 20.6. The molecule has 8 heteroatoms. The van der Waals surface area contributed by atoms with Gasteiger partial charge in [0.25, 0.3) is 5.91 Å². The Morgan fingerprint density at radius 1 is 1.03 bits per heavy atom. The summed E-state index contributed by atoms with van der Waals surface area (Å²) < 4.78 is 5.32. The lowest BCUT2D eigenvalue weighted by Crippen LogP contribution is -2.57. The predicted octanol–water partition coefficient (Wildman–Crippen LogP) is 2.79. The molecule has 3 N–H and O–H groups in total. The van der Waals surface area contributed by atoms with Crippen molar-refractivity contribution in [1.82, 2.24) is 15.5 Å². The van der Waals surface area contributed by atoms with Crippen LogP contribution in [0.2, 0.25) is 0 Å². The number of likely N-dealkylation sites (tertiary alicyclic amines) is 1. The summed E-state index contributed by atoms with van der Waals surface area (Å²) in [4.78, 5) is 40.1. The van der Waals surface area contributed by atoms with E-state index < -0.39 is 35.7 Å². The largest absolute Gasteiger partial charge is 0.445 e. The zero-order chi connectivity index (χ0) is 25.4. The molecule has 0 spiro atoms. The fraction of sp³-hybridized carbons (Fsp3) is 0.444. The minimum atomic E-state index is -1.54. The van der Waals surface area contributed by atoms with Gasteiger partial charge in [-0.05, 0) is 51.2 Å². The molecule has 0 radical (unpaired) electrons. The van der Waals surface area contributed by atoms with E-state index in [0.29, 0.717) is 19.4 Å². The van der Waals surface area contributed by atoms with Crippen LogP contribution in [0.4, 0.5) is 4.79 Å². The van der Waals surface area contributed by atoms with Crippen LogP contribution in [-0.4, -0.2) is 58.2 Å². The molecule has 2 aromatic rings. The van der Waals surface area contributed by atoms with E-state index in [1.807, 2.05) is 81.4 Å². The number of alkyl carbamates (subject to hydrolysis) is 1. The Kier molecular flexibility index (Phi) is 8.87. The van der Waals surface area contributed by atoms with E-state index in [1.54, 1.807) is 0 Å². The van der Waals surface area contributed by atoms with Crippen molar-refractivity contribution in [1.29, 1.82) is 0 Å². The van der Waals surface area contributed by atoms with Crippen LogP contribution in [0, 0.1) is 0 Å². The first-order valence-electron chi connectivity index (χ1n) is 12.0. The Labute approximate surface area is 206 Å². The first kappa shape index (κ1) is 26.2. The minimum Gasteiger partial charge on any atom is -0.445 e. The maximum absolute atomic E-state index is 13.3. The van der Waals surface area contributed by atoms with E-state index >= 15 is 0 Å². The summed E-state index contributed by atoms with van der Waals surface area (Å²) in [6, 6.07) is 16.9. The summed E-state index contributed by atoms with van der Waals surface area (Å²) in [7, 11) is 0. The van der Waals surface area contributed by atoms with Gasteiger partial charge in [-0.25, -0.2) is 4.79 Å². The van der Waals surface area contributed by atoms with Crippen LogP contribution in [-0.2, 0) is 27.4 Å². The van der Waals surface area contributed by atoms with Crippen molar-refractivity contribution in [2.75, 3.05) is 6.54 Å². The molecular weight excluding hydrogens is 446 g/mol. The van der Waals surface area contributed by atoms with Crippen LogP contribution in [0.25, 0.3) is 0 Å². The van der Waals surface area contributed by atoms with Gasteiger partial charge in [0.1, 0.15) is 12.6 Å². The molecule has 0 aromatic heterocycles. The lowest BCUT2D eigenvalue weighted by Gasteiger charge is -2.31. The van der Waals surface area contributed by atoms with Gasteiger partial charge in [-0.15, -0.1) is 0 Å². The summed E-state index contributed by atoms with van der Waals surface area (Å²) in [6.07, 6.45) is -0.860. The van der Waals surface area contributed by atoms with Gasteiger partial charge in [0.05, 0.1) is 6.04 Å². The number of hydrogen-bond acceptors (Lipinski definition) is 5. The summed E-state index contributed by atoms with van der Waals surface area (Å²) in [5.74, 6) is -0.828. The van der Waals surface area contributed by atoms with Crippen LogP contribution in [0.3, 0.4) is 0 Å². The second-order valence-corrected chi connectivity index (χ2v) is 9.88. The normalized spacial score (nSPS) is 17.4. The van der Waals surface area contributed by atoms with Crippen LogP contribution >= 0.6 is 0 Å². The summed E-state index contributed by atoms with van der Waals surface area (Å²) in [6.45, 7) is 6.07. The molecule has 188 valence electrons. The van der Waals surface area contributed by atoms with E-state index in [0.717, 1.165) is 11.1 Å². The molecule has 1 fully saturated rings. The van der Waals surface area contributed by atoms with Gasteiger partial charge in [0.15, 0.2) is 6.10 Å². The highest BCUT2D eigenvalue weighted by molar-refractivity contribution is 5.90. The number of aliphatic hydroxyl groups is 1. The number of hydrogen-bond donors (Lipinski definition) is 3. The number of aliphatic hydroxyl groups excluding tert-OH is 1. The van der Waals surface area contributed by atoms with Crippen molar-refractivity contribution in [3.05, 3.63) is 71.8 Å². The lowest BCUT2D eigenvalue weighted by molar-refractivity contribution is -0.146. The molecule has 35 heavy (non-hydrogen) atoms. The first-order valence-corrected chi connectivity index (χ1v) is 12.0. The number of nitrogens with zero attached hydrogens (tertiary/aromatic N) is 1. The highest BCUT2D eigenvalue weighted by atomic mass is 16.5. The number of rotatable bonds is 8. The number of ether oxygens (including phenoxy) is 1. The third-order valence-corrected chi connectivity index (χ3v) is 5.79. The molecule has 1 saturated heterocycles. The molecule has 0 saturated carbocycles. The molecule has 0 aliphatic carbocycles. The lowest BCUT2D eigenvalue weighted by atomic mass is 10.00. The second kappa shape index (κ2) is 11.8. The van der Waals surface area contributed by atoms with Gasteiger partial charge in [-0.3, -0.25) is 9.59 Å². The number of nitrogens with one attached hydrogen (secondary N) is 2. The van der Waals surface area contributed by atoms with Crippen molar-refractivity contribution < 1.29 is 24.2 Å². The topological polar surface area (TPSA) is 108 Å². The van der Waals surface area contributed by atoms with Gasteiger partial charge in [0, 0.05) is 12.1 Å². The molecule has 1 heterocycles. The molecular formula is C27H35N3O5. The third kappa shape index (κ3) is 7.82. The average molecular weight is 482 g/mol. The maximum atomic E-state index is 13.3. The quantitative estimate of drug-likeness (QED) is 0.537. The summed E-state index contributed by atoms with van der Waals surface area (Å²) in [5, 5.41) is 16.6. The first-order chi connectivity index (χ1) is 16.6. The van der Waals surface area contributed by atoms with Gasteiger partial charge in [-0.2, -0.15) is 0 Å². The van der Waals surface area contributed by atoms with E-state index in [1.165, 1.54) is 4.90 Å². The SMILES string of the molecule is CC(C)(C)NC(=O)[C@@H]1CCCN1C(=O)[C@H](O)C(Cc1ccccc1)NC(=O)OCc1ccccc1. The van der Waals surface area contributed by atoms with Crippen LogP contribution in [0.1, 0.15) is 44.7 Å². The fourth-order valence-electron chi connectivity index (χ4n) is 4.12. The molecule has 1 aliphatic rings. The Balaban J connectivity index is 1.71. The van der Waals surface area contributed by atoms with Crippen LogP contribution < -0.4 is 10.6 Å². The van der Waals surface area contributed by atoms with Crippen molar-refractivity contribution in [3.63, 3.8) is 0 Å². The molecule has 3 atom stereocenters. The molecule has 3 rings (SSSR count). The molecule has 3 amide bonds. The number of carbonyl (C=O) groups is 3. The number of carbonyl (C=O) groups excluding carboxylic acids is 3. The maximum Gasteiger partial charge on any atom is 0.407 e. The molecule has 8 nitrogen and oxygen atoms in total. The fourth-order valence-corrected chi connectivity index (χ4v) is 4.12. The highest BCUT2D eigenvalue weighted by Crippen LogP contribution is 2.21. The Bertz CT molecular complexity index is 991. The monoisotopic (exact) mass is 481 g/mol. The smallest absolute Gasteiger partial charge is 0.407 e. The van der Waals surface area contributed by atoms with Crippen molar-refractivity contribution in [2.45, 2.75) is 70.4 Å². The van der Waals surface area contributed by atoms with Gasteiger partial charge in [0.2, 0.25) is 5.91 Å². The Morgan fingerprint density at radius 2 is 1.63 bits per heavy atom. The van der Waals surface area contributed by atoms with Gasteiger partial charge >= 0.3 is 6.09 Å². The van der Waals surface area contributed by atoms with E-state index in [9.17, 15) is 19.5 Å². The Morgan fingerprint density at radius 3 is 2.23 bits per heavy atom. The summed E-state index contributed by atoms with van der Waals surface area (Å²) >= 11 is 0. The minimum absolute atomic E-state index is 0.0654. The second-order valence-electron chi connectivity index (χ2n) is 9.88. The van der Waals surface area contributed by atoms with E-state index in [4.69, 9.17) is 4.74 Å². The third-order valence-electron chi connectivity index (χ3n) is 5.79. The zero-order valence-electron chi connectivity index (χ0n) is 20.6. The van der Waals surface area contributed by atoms with Gasteiger partial charge in [-0.1, -0.05) is 60.7 Å². The number of benzene rings is 2. The number of amides is 3. The predicted molar refractivity (Wildman–Crippen MR) is 132 cm³/mol. The van der Waals surface area contributed by atoms with Crippen LogP contribution in [0.15, 0.2) is 60.7 Å². The van der Waals surface area contributed by atoms with Crippen molar-refractivity contribution in [2.24, 2.45) is 0 Å². The van der Waals surface area contributed by atoms with Gasteiger partial charge < -0.3 is 25.4 Å². The molecule has 1 unspecified atom stereocenters. The molecule has 1 aliphatic heterocycles. The Hall–Kier alpha value is -3.39. The molecule has 2 aromatic carbocycles. The average Bonchev–Trinajstić information content (AvgIpc) is 3.32. The van der Waals surface area contributed by atoms with Crippen molar-refractivity contribution in [3.8, 4) is 0 Å².